The topological polar surface area (TPSA) is 51.4 Å². The predicted octanol–water partition coefficient (Wildman–Crippen LogP) is 3.36. The van der Waals surface area contributed by atoms with Crippen LogP contribution in [0.1, 0.15) is 25.3 Å². The molecule has 130 valence electrons. The van der Waals surface area contributed by atoms with Gasteiger partial charge >= 0.3 is 12.1 Å². The van der Waals surface area contributed by atoms with Crippen LogP contribution in [-0.2, 0) is 17.5 Å². The molecule has 0 N–H and O–H groups in total. The number of hydrogen-bond donors (Lipinski definition) is 0. The molecule has 0 spiro atoms. The third-order valence-electron chi connectivity index (χ3n) is 3.78. The Morgan fingerprint density at radius 2 is 1.75 bits per heavy atom. The van der Waals surface area contributed by atoms with E-state index in [4.69, 9.17) is 4.74 Å². The van der Waals surface area contributed by atoms with Crippen molar-refractivity contribution in [3.05, 3.63) is 35.7 Å². The summed E-state index contributed by atoms with van der Waals surface area (Å²) in [7, 11) is 0. The van der Waals surface area contributed by atoms with Gasteiger partial charge < -0.3 is 9.26 Å². The third kappa shape index (κ3) is 3.93. The van der Waals surface area contributed by atoms with Crippen molar-refractivity contribution in [3.63, 3.8) is 0 Å². The van der Waals surface area contributed by atoms with Crippen LogP contribution in [0.2, 0.25) is 0 Å². The van der Waals surface area contributed by atoms with Gasteiger partial charge in [0.1, 0.15) is 0 Å². The van der Waals surface area contributed by atoms with Crippen molar-refractivity contribution < 1.29 is 22.4 Å². The van der Waals surface area contributed by atoms with Crippen LogP contribution in [0.25, 0.3) is 11.4 Å². The van der Waals surface area contributed by atoms with Gasteiger partial charge in [0, 0.05) is 25.2 Å². The first-order valence-electron chi connectivity index (χ1n) is 7.69. The van der Waals surface area contributed by atoms with Crippen LogP contribution in [-0.4, -0.2) is 40.3 Å². The van der Waals surface area contributed by atoms with Gasteiger partial charge in [0.25, 0.3) is 0 Å². The Morgan fingerprint density at radius 1 is 1.12 bits per heavy atom. The molecule has 0 saturated carbocycles. The van der Waals surface area contributed by atoms with Crippen molar-refractivity contribution >= 4 is 0 Å². The lowest BCUT2D eigenvalue weighted by molar-refractivity contribution is -0.159. The summed E-state index contributed by atoms with van der Waals surface area (Å²) in [6, 6.07) is 7.13. The van der Waals surface area contributed by atoms with Crippen molar-refractivity contribution in [2.75, 3.05) is 13.1 Å². The number of benzene rings is 1. The summed E-state index contributed by atoms with van der Waals surface area (Å²) in [5, 5.41) is 3.39. The fourth-order valence-electron chi connectivity index (χ4n) is 2.89. The summed E-state index contributed by atoms with van der Waals surface area (Å²) in [6.07, 6.45) is -4.25. The number of rotatable bonds is 3. The minimum atomic E-state index is -4.63. The smallest absolute Gasteiger partial charge is 0.373 e. The summed E-state index contributed by atoms with van der Waals surface area (Å²) in [5.74, 6) is -1.40. The summed E-state index contributed by atoms with van der Waals surface area (Å²) < 4.78 is 47.4. The Balaban J connectivity index is 1.68. The maximum absolute atomic E-state index is 12.5. The molecule has 0 radical (unpaired) electrons. The molecule has 0 unspecified atom stereocenters. The van der Waals surface area contributed by atoms with Crippen molar-refractivity contribution in [3.8, 4) is 11.4 Å². The molecule has 0 aliphatic carbocycles. The van der Waals surface area contributed by atoms with Crippen molar-refractivity contribution in [2.24, 2.45) is 0 Å². The number of alkyl halides is 3. The Kier molecular flexibility index (Phi) is 4.60. The van der Waals surface area contributed by atoms with Gasteiger partial charge in [-0.15, -0.1) is 0 Å². The first-order chi connectivity index (χ1) is 11.3. The highest BCUT2D eigenvalue weighted by Crippen LogP contribution is 2.29. The Morgan fingerprint density at radius 3 is 2.29 bits per heavy atom. The molecular formula is C16H18F3N3O2. The zero-order valence-electron chi connectivity index (χ0n) is 13.4. The average Bonchev–Trinajstić information content (AvgIpc) is 2.97. The molecule has 1 aliphatic rings. The molecule has 1 aliphatic heterocycles. The van der Waals surface area contributed by atoms with Gasteiger partial charge in [0.15, 0.2) is 0 Å². The highest BCUT2D eigenvalue weighted by atomic mass is 19.4. The number of hydrogen-bond acceptors (Lipinski definition) is 5. The van der Waals surface area contributed by atoms with Gasteiger partial charge in [0.2, 0.25) is 5.82 Å². The summed E-state index contributed by atoms with van der Waals surface area (Å²) >= 11 is 0. The van der Waals surface area contributed by atoms with Gasteiger partial charge in [-0.25, -0.2) is 0 Å². The first-order valence-corrected chi connectivity index (χ1v) is 7.69. The van der Waals surface area contributed by atoms with Crippen LogP contribution >= 0.6 is 0 Å². The quantitative estimate of drug-likeness (QED) is 0.857. The van der Waals surface area contributed by atoms with E-state index in [0.29, 0.717) is 5.56 Å². The molecule has 0 amide bonds. The normalized spacial score (nSPS) is 22.7. The molecule has 5 nitrogen and oxygen atoms in total. The lowest BCUT2D eigenvalue weighted by Crippen LogP contribution is -2.44. The predicted molar refractivity (Wildman–Crippen MR) is 80.0 cm³/mol. The maximum atomic E-state index is 12.5. The Hall–Kier alpha value is -1.93. The Labute approximate surface area is 137 Å². The second-order valence-corrected chi connectivity index (χ2v) is 6.07. The van der Waals surface area contributed by atoms with Gasteiger partial charge in [-0.3, -0.25) is 4.90 Å². The van der Waals surface area contributed by atoms with Crippen LogP contribution in [0, 0.1) is 0 Å². The van der Waals surface area contributed by atoms with Gasteiger partial charge in [-0.1, -0.05) is 29.4 Å². The number of ether oxygens (including phenoxy) is 1. The minimum Gasteiger partial charge on any atom is -0.373 e. The molecule has 1 aromatic carbocycles. The van der Waals surface area contributed by atoms with Crippen LogP contribution in [0.5, 0.6) is 0 Å². The van der Waals surface area contributed by atoms with E-state index in [1.165, 1.54) is 0 Å². The van der Waals surface area contributed by atoms with Crippen LogP contribution in [0.15, 0.2) is 28.8 Å². The summed E-state index contributed by atoms with van der Waals surface area (Å²) in [4.78, 5) is 5.68. The van der Waals surface area contributed by atoms with Gasteiger partial charge in [0.05, 0.1) is 12.2 Å². The van der Waals surface area contributed by atoms with E-state index in [-0.39, 0.29) is 18.0 Å². The zero-order chi connectivity index (χ0) is 17.3. The SMILES string of the molecule is C[C@@H]1CN(Cc2ccc(-c3noc(C(F)(F)F)n3)cc2)C[C@@H](C)O1. The molecule has 1 aromatic heterocycles. The van der Waals surface area contributed by atoms with Crippen molar-refractivity contribution in [2.45, 2.75) is 38.8 Å². The molecule has 0 bridgehead atoms. The van der Waals surface area contributed by atoms with E-state index < -0.39 is 12.1 Å². The lowest BCUT2D eigenvalue weighted by Gasteiger charge is -2.35. The number of nitrogens with zero attached hydrogens (tertiary/aromatic N) is 3. The van der Waals surface area contributed by atoms with E-state index in [0.717, 1.165) is 25.2 Å². The standard InChI is InChI=1S/C16H18F3N3O2/c1-10-7-22(8-11(2)23-10)9-12-3-5-13(6-4-12)14-20-15(24-21-14)16(17,18)19/h3-6,10-11H,7-9H2,1-2H3/t10-,11-/m1/s1. The second kappa shape index (κ2) is 6.52. The van der Waals surface area contributed by atoms with Crippen molar-refractivity contribution in [1.82, 2.24) is 15.0 Å². The molecular weight excluding hydrogens is 323 g/mol. The summed E-state index contributed by atoms with van der Waals surface area (Å²) in [5.41, 5.74) is 1.56. The van der Waals surface area contributed by atoms with Gasteiger partial charge in [-0.2, -0.15) is 18.2 Å². The molecule has 3 rings (SSSR count). The van der Waals surface area contributed by atoms with Crippen LogP contribution in [0.4, 0.5) is 13.2 Å². The molecule has 2 aromatic rings. The lowest BCUT2D eigenvalue weighted by atomic mass is 10.1. The third-order valence-corrected chi connectivity index (χ3v) is 3.78. The van der Waals surface area contributed by atoms with Crippen LogP contribution in [0.3, 0.4) is 0 Å². The molecule has 24 heavy (non-hydrogen) atoms. The monoisotopic (exact) mass is 341 g/mol. The zero-order valence-corrected chi connectivity index (χ0v) is 13.4. The largest absolute Gasteiger partial charge is 0.471 e. The number of morpholine rings is 1. The van der Waals surface area contributed by atoms with E-state index in [1.54, 1.807) is 12.1 Å². The Bertz CT molecular complexity index is 675. The minimum absolute atomic E-state index is 0.0671. The summed E-state index contributed by atoms with van der Waals surface area (Å²) in [6.45, 7) is 6.55. The van der Waals surface area contributed by atoms with Gasteiger partial charge in [-0.05, 0) is 19.4 Å². The molecule has 2 atom stereocenters. The fourth-order valence-corrected chi connectivity index (χ4v) is 2.89. The van der Waals surface area contributed by atoms with Crippen LogP contribution < -0.4 is 0 Å². The van der Waals surface area contributed by atoms with E-state index in [1.807, 2.05) is 26.0 Å². The number of halogens is 3. The molecule has 8 heteroatoms. The van der Waals surface area contributed by atoms with E-state index >= 15 is 0 Å². The molecule has 1 saturated heterocycles. The highest BCUT2D eigenvalue weighted by molar-refractivity contribution is 5.54. The van der Waals surface area contributed by atoms with E-state index in [2.05, 4.69) is 19.6 Å². The van der Waals surface area contributed by atoms with Crippen molar-refractivity contribution in [1.29, 1.82) is 0 Å². The highest BCUT2D eigenvalue weighted by Gasteiger charge is 2.38. The second-order valence-electron chi connectivity index (χ2n) is 6.07. The average molecular weight is 341 g/mol. The fraction of sp³-hybridized carbons (Fsp3) is 0.500. The first kappa shape index (κ1) is 16.9. The van der Waals surface area contributed by atoms with E-state index in [9.17, 15) is 13.2 Å². The maximum Gasteiger partial charge on any atom is 0.471 e. The molecule has 2 heterocycles. The number of aromatic nitrogens is 2. The molecule has 1 fully saturated rings.